The lowest BCUT2D eigenvalue weighted by atomic mass is 10.0. The van der Waals surface area contributed by atoms with E-state index in [9.17, 15) is 4.79 Å². The fraction of sp³-hybridized carbons (Fsp3) is 0.643. The molecule has 0 unspecified atom stereocenters. The lowest BCUT2D eigenvalue weighted by Gasteiger charge is -2.22. The first-order chi connectivity index (χ1) is 9.33. The van der Waals surface area contributed by atoms with Crippen molar-refractivity contribution in [2.75, 3.05) is 19.8 Å². The highest BCUT2D eigenvalue weighted by molar-refractivity contribution is 5.92. The molecule has 1 aliphatic heterocycles. The monoisotopic (exact) mass is 261 g/mol. The molecule has 1 amide bonds. The SMILES string of the molecule is O=C(NCC1CCOCC1)c1cc(C2CC2)ncn1. The summed E-state index contributed by atoms with van der Waals surface area (Å²) >= 11 is 0. The van der Waals surface area contributed by atoms with E-state index in [0.717, 1.165) is 31.7 Å². The molecule has 2 fully saturated rings. The van der Waals surface area contributed by atoms with E-state index in [1.807, 2.05) is 6.07 Å². The summed E-state index contributed by atoms with van der Waals surface area (Å²) in [5.41, 5.74) is 1.50. The Morgan fingerprint density at radius 1 is 1.26 bits per heavy atom. The normalized spacial score (nSPS) is 20.2. The first-order valence-electron chi connectivity index (χ1n) is 7.01. The van der Waals surface area contributed by atoms with Crippen LogP contribution in [0.15, 0.2) is 12.4 Å². The zero-order valence-corrected chi connectivity index (χ0v) is 11.0. The van der Waals surface area contributed by atoms with Gasteiger partial charge >= 0.3 is 0 Å². The Morgan fingerprint density at radius 2 is 2.05 bits per heavy atom. The summed E-state index contributed by atoms with van der Waals surface area (Å²) in [7, 11) is 0. The summed E-state index contributed by atoms with van der Waals surface area (Å²) < 4.78 is 5.31. The van der Waals surface area contributed by atoms with Crippen LogP contribution in [-0.2, 0) is 4.74 Å². The van der Waals surface area contributed by atoms with Crippen molar-refractivity contribution in [1.82, 2.24) is 15.3 Å². The second-order valence-electron chi connectivity index (χ2n) is 5.37. The lowest BCUT2D eigenvalue weighted by Crippen LogP contribution is -2.32. The smallest absolute Gasteiger partial charge is 0.270 e. The number of carbonyl (C=O) groups excluding carboxylic acids is 1. The van der Waals surface area contributed by atoms with E-state index in [2.05, 4.69) is 15.3 Å². The van der Waals surface area contributed by atoms with Gasteiger partial charge in [-0.2, -0.15) is 0 Å². The summed E-state index contributed by atoms with van der Waals surface area (Å²) in [5, 5.41) is 2.97. The van der Waals surface area contributed by atoms with Crippen LogP contribution in [0.3, 0.4) is 0 Å². The summed E-state index contributed by atoms with van der Waals surface area (Å²) in [6, 6.07) is 1.83. The maximum Gasteiger partial charge on any atom is 0.270 e. The van der Waals surface area contributed by atoms with Crippen LogP contribution in [-0.4, -0.2) is 35.6 Å². The van der Waals surface area contributed by atoms with Gasteiger partial charge in [0, 0.05) is 31.4 Å². The highest BCUT2D eigenvalue weighted by Crippen LogP contribution is 2.38. The summed E-state index contributed by atoms with van der Waals surface area (Å²) in [6.07, 6.45) is 5.91. The van der Waals surface area contributed by atoms with Crippen molar-refractivity contribution in [3.05, 3.63) is 23.8 Å². The molecule has 1 aliphatic carbocycles. The van der Waals surface area contributed by atoms with Gasteiger partial charge in [-0.05, 0) is 37.7 Å². The van der Waals surface area contributed by atoms with Crippen molar-refractivity contribution in [3.8, 4) is 0 Å². The summed E-state index contributed by atoms with van der Waals surface area (Å²) in [6.45, 7) is 2.32. The summed E-state index contributed by atoms with van der Waals surface area (Å²) in [4.78, 5) is 20.3. The molecule has 5 nitrogen and oxygen atoms in total. The minimum atomic E-state index is -0.0872. The number of ether oxygens (including phenoxy) is 1. The molecule has 0 spiro atoms. The van der Waals surface area contributed by atoms with Crippen LogP contribution in [0.1, 0.15) is 47.8 Å². The number of carbonyl (C=O) groups is 1. The third-order valence-corrected chi connectivity index (χ3v) is 3.81. The number of nitrogens with zero attached hydrogens (tertiary/aromatic N) is 2. The Bertz CT molecular complexity index is 454. The molecule has 1 saturated heterocycles. The van der Waals surface area contributed by atoms with Crippen LogP contribution in [0.5, 0.6) is 0 Å². The van der Waals surface area contributed by atoms with Gasteiger partial charge in [0.15, 0.2) is 0 Å². The van der Waals surface area contributed by atoms with Crippen molar-refractivity contribution in [3.63, 3.8) is 0 Å². The van der Waals surface area contributed by atoms with Crippen LogP contribution in [0, 0.1) is 5.92 Å². The van der Waals surface area contributed by atoms with E-state index in [4.69, 9.17) is 4.74 Å². The molecule has 0 radical (unpaired) electrons. The standard InChI is InChI=1S/C14H19N3O2/c18-14(15-8-10-3-5-19-6-4-10)13-7-12(11-1-2-11)16-9-17-13/h7,9-11H,1-6,8H2,(H,15,18). The van der Waals surface area contributed by atoms with Gasteiger partial charge in [-0.25, -0.2) is 9.97 Å². The van der Waals surface area contributed by atoms with Crippen LogP contribution in [0.4, 0.5) is 0 Å². The largest absolute Gasteiger partial charge is 0.381 e. The average molecular weight is 261 g/mol. The molecular formula is C14H19N3O2. The fourth-order valence-corrected chi connectivity index (χ4v) is 2.38. The van der Waals surface area contributed by atoms with Gasteiger partial charge in [-0.3, -0.25) is 4.79 Å². The zero-order chi connectivity index (χ0) is 13.1. The molecule has 1 aromatic rings. The second-order valence-corrected chi connectivity index (χ2v) is 5.37. The minimum Gasteiger partial charge on any atom is -0.381 e. The molecule has 3 rings (SSSR count). The van der Waals surface area contributed by atoms with Gasteiger partial charge in [-0.15, -0.1) is 0 Å². The Hall–Kier alpha value is -1.49. The highest BCUT2D eigenvalue weighted by atomic mass is 16.5. The van der Waals surface area contributed by atoms with E-state index in [-0.39, 0.29) is 5.91 Å². The fourth-order valence-electron chi connectivity index (χ4n) is 2.38. The van der Waals surface area contributed by atoms with Crippen molar-refractivity contribution in [2.24, 2.45) is 5.92 Å². The van der Waals surface area contributed by atoms with Crippen molar-refractivity contribution in [1.29, 1.82) is 0 Å². The van der Waals surface area contributed by atoms with Crippen LogP contribution in [0.2, 0.25) is 0 Å². The van der Waals surface area contributed by atoms with Crippen molar-refractivity contribution >= 4 is 5.91 Å². The number of amides is 1. The maximum atomic E-state index is 12.0. The summed E-state index contributed by atoms with van der Waals surface area (Å²) in [5.74, 6) is 0.989. The van der Waals surface area contributed by atoms with Gasteiger partial charge in [0.1, 0.15) is 12.0 Å². The topological polar surface area (TPSA) is 64.1 Å². The minimum absolute atomic E-state index is 0.0872. The molecule has 0 atom stereocenters. The number of hydrogen-bond acceptors (Lipinski definition) is 4. The third-order valence-electron chi connectivity index (χ3n) is 3.81. The van der Waals surface area contributed by atoms with Crippen LogP contribution >= 0.6 is 0 Å². The molecule has 102 valence electrons. The molecule has 5 heteroatoms. The number of aromatic nitrogens is 2. The van der Waals surface area contributed by atoms with E-state index < -0.39 is 0 Å². The molecule has 1 aromatic heterocycles. The van der Waals surface area contributed by atoms with Gasteiger partial charge < -0.3 is 10.1 Å². The second kappa shape index (κ2) is 5.65. The van der Waals surface area contributed by atoms with Gasteiger partial charge in [-0.1, -0.05) is 0 Å². The Balaban J connectivity index is 1.55. The molecule has 0 aromatic carbocycles. The molecule has 1 saturated carbocycles. The van der Waals surface area contributed by atoms with Crippen molar-refractivity contribution < 1.29 is 9.53 Å². The molecular weight excluding hydrogens is 242 g/mol. The molecule has 19 heavy (non-hydrogen) atoms. The third kappa shape index (κ3) is 3.29. The Labute approximate surface area is 112 Å². The molecule has 1 N–H and O–H groups in total. The van der Waals surface area contributed by atoms with Gasteiger partial charge in [0.2, 0.25) is 0 Å². The number of rotatable bonds is 4. The van der Waals surface area contributed by atoms with Crippen molar-refractivity contribution in [2.45, 2.75) is 31.6 Å². The van der Waals surface area contributed by atoms with Gasteiger partial charge in [0.25, 0.3) is 5.91 Å². The van der Waals surface area contributed by atoms with E-state index in [1.165, 1.54) is 19.2 Å². The molecule has 2 heterocycles. The first kappa shape index (κ1) is 12.5. The van der Waals surface area contributed by atoms with E-state index in [1.54, 1.807) is 0 Å². The average Bonchev–Trinajstić information content (AvgIpc) is 3.31. The van der Waals surface area contributed by atoms with Gasteiger partial charge in [0.05, 0.1) is 0 Å². The Kier molecular flexibility index (Phi) is 3.73. The predicted molar refractivity (Wildman–Crippen MR) is 69.9 cm³/mol. The lowest BCUT2D eigenvalue weighted by molar-refractivity contribution is 0.0642. The van der Waals surface area contributed by atoms with Crippen LogP contribution < -0.4 is 5.32 Å². The molecule has 2 aliphatic rings. The quantitative estimate of drug-likeness (QED) is 0.892. The Morgan fingerprint density at radius 3 is 2.79 bits per heavy atom. The van der Waals surface area contributed by atoms with E-state index >= 15 is 0 Å². The number of nitrogens with one attached hydrogen (secondary N) is 1. The predicted octanol–water partition coefficient (Wildman–Crippen LogP) is 1.51. The highest BCUT2D eigenvalue weighted by Gasteiger charge is 2.26. The first-order valence-corrected chi connectivity index (χ1v) is 7.01. The van der Waals surface area contributed by atoms with Crippen LogP contribution in [0.25, 0.3) is 0 Å². The number of hydrogen-bond donors (Lipinski definition) is 1. The maximum absolute atomic E-state index is 12.0. The zero-order valence-electron chi connectivity index (χ0n) is 11.0. The van der Waals surface area contributed by atoms with E-state index in [0.29, 0.717) is 24.1 Å². The molecule has 0 bridgehead atoms.